The van der Waals surface area contributed by atoms with Crippen LogP contribution in [0.1, 0.15) is 42.3 Å². The van der Waals surface area contributed by atoms with Gasteiger partial charge in [0.05, 0.1) is 6.54 Å². The van der Waals surface area contributed by atoms with Gasteiger partial charge in [-0.15, -0.1) is 0 Å². The largest absolute Gasteiger partial charge is 0.463 e. The molecule has 0 aliphatic carbocycles. The predicted octanol–water partition coefficient (Wildman–Crippen LogP) is 1.19. The first-order valence-electron chi connectivity index (χ1n) is 7.49. The molecule has 7 heteroatoms. The molecule has 1 unspecified atom stereocenters. The first kappa shape index (κ1) is 17.0. The summed E-state index contributed by atoms with van der Waals surface area (Å²) in [5.74, 6) is 0.595. The summed E-state index contributed by atoms with van der Waals surface area (Å²) >= 11 is 0. The second-order valence-corrected chi connectivity index (χ2v) is 5.65. The average Bonchev–Trinajstić information content (AvgIpc) is 2.95. The second kappa shape index (κ2) is 6.78. The van der Waals surface area contributed by atoms with Crippen molar-refractivity contribution in [3.05, 3.63) is 51.8 Å². The summed E-state index contributed by atoms with van der Waals surface area (Å²) in [4.78, 5) is 23.8. The van der Waals surface area contributed by atoms with Gasteiger partial charge in [-0.1, -0.05) is 6.92 Å². The number of carbonyl (C=O) groups excluding carboxylic acids is 1. The van der Waals surface area contributed by atoms with Gasteiger partial charge in [0.1, 0.15) is 22.8 Å². The molecule has 2 rings (SSSR count). The van der Waals surface area contributed by atoms with Crippen LogP contribution in [0.2, 0.25) is 0 Å². The fourth-order valence-electron chi connectivity index (χ4n) is 2.10. The normalized spacial score (nSPS) is 13.6. The van der Waals surface area contributed by atoms with E-state index in [-0.39, 0.29) is 17.8 Å². The van der Waals surface area contributed by atoms with Crippen LogP contribution < -0.4 is 10.9 Å². The van der Waals surface area contributed by atoms with E-state index >= 15 is 0 Å². The summed E-state index contributed by atoms with van der Waals surface area (Å²) in [7, 11) is 0. The minimum atomic E-state index is -1.33. The van der Waals surface area contributed by atoms with Crippen LogP contribution in [-0.2, 0) is 12.1 Å². The molecule has 124 valence electrons. The Hall–Kier alpha value is -2.41. The highest BCUT2D eigenvalue weighted by atomic mass is 16.4. The fraction of sp³-hybridized carbons (Fsp3) is 0.438. The number of hydrogen-bond acceptors (Lipinski definition) is 5. The van der Waals surface area contributed by atoms with Gasteiger partial charge in [-0.2, -0.15) is 5.10 Å². The van der Waals surface area contributed by atoms with Crippen LogP contribution in [0.5, 0.6) is 0 Å². The maximum Gasteiger partial charge on any atom is 0.271 e. The number of rotatable bonds is 6. The van der Waals surface area contributed by atoms with Gasteiger partial charge in [0.25, 0.3) is 11.5 Å². The zero-order valence-electron chi connectivity index (χ0n) is 13.5. The molecule has 0 spiro atoms. The molecule has 0 radical (unpaired) electrons. The third kappa shape index (κ3) is 4.07. The Morgan fingerprint density at radius 1 is 1.39 bits per heavy atom. The Morgan fingerprint density at radius 3 is 2.74 bits per heavy atom. The molecule has 1 amide bonds. The molecule has 2 heterocycles. The average molecular weight is 319 g/mol. The molecule has 2 aromatic heterocycles. The van der Waals surface area contributed by atoms with Crippen molar-refractivity contribution in [2.24, 2.45) is 0 Å². The van der Waals surface area contributed by atoms with Gasteiger partial charge in [0.2, 0.25) is 0 Å². The Labute approximate surface area is 133 Å². The van der Waals surface area contributed by atoms with E-state index in [1.807, 2.05) is 6.92 Å². The van der Waals surface area contributed by atoms with Crippen molar-refractivity contribution >= 4 is 5.91 Å². The van der Waals surface area contributed by atoms with E-state index in [0.29, 0.717) is 18.1 Å². The summed E-state index contributed by atoms with van der Waals surface area (Å²) in [6, 6.07) is 6.09. The maximum absolute atomic E-state index is 12.2. The zero-order valence-corrected chi connectivity index (χ0v) is 13.5. The van der Waals surface area contributed by atoms with Crippen LogP contribution in [0.4, 0.5) is 0 Å². The Bertz CT molecular complexity index is 746. The minimum Gasteiger partial charge on any atom is -0.463 e. The maximum atomic E-state index is 12.2. The smallest absolute Gasteiger partial charge is 0.271 e. The van der Waals surface area contributed by atoms with Gasteiger partial charge in [0, 0.05) is 12.6 Å². The van der Waals surface area contributed by atoms with Gasteiger partial charge in [0.15, 0.2) is 0 Å². The fourth-order valence-corrected chi connectivity index (χ4v) is 2.10. The number of aromatic nitrogens is 2. The Balaban J connectivity index is 2.07. The minimum absolute atomic E-state index is 0.0344. The number of aryl methyl sites for hydroxylation is 2. The van der Waals surface area contributed by atoms with E-state index in [2.05, 4.69) is 10.4 Å². The molecule has 0 aliphatic heterocycles. The quantitative estimate of drug-likeness (QED) is 0.833. The zero-order chi connectivity index (χ0) is 17.0. The van der Waals surface area contributed by atoms with E-state index in [0.717, 1.165) is 6.42 Å². The Morgan fingerprint density at radius 2 is 2.13 bits per heavy atom. The lowest BCUT2D eigenvalue weighted by molar-refractivity contribution is 0.0322. The topological polar surface area (TPSA) is 97.4 Å². The number of carbonyl (C=O) groups is 1. The van der Waals surface area contributed by atoms with Crippen molar-refractivity contribution in [3.63, 3.8) is 0 Å². The highest BCUT2D eigenvalue weighted by Gasteiger charge is 2.27. The van der Waals surface area contributed by atoms with Crippen LogP contribution in [0.15, 0.2) is 33.5 Å². The van der Waals surface area contributed by atoms with E-state index < -0.39 is 11.5 Å². The van der Waals surface area contributed by atoms with Crippen molar-refractivity contribution < 1.29 is 14.3 Å². The highest BCUT2D eigenvalue weighted by molar-refractivity contribution is 5.92. The molecule has 0 aliphatic rings. The number of aliphatic hydroxyl groups is 1. The Kier molecular flexibility index (Phi) is 5.00. The molecular formula is C16H21N3O4. The van der Waals surface area contributed by atoms with E-state index in [1.54, 1.807) is 26.0 Å². The molecule has 2 aromatic rings. The van der Waals surface area contributed by atoms with Crippen molar-refractivity contribution in [2.75, 3.05) is 6.54 Å². The number of hydrogen-bond donors (Lipinski definition) is 2. The third-order valence-corrected chi connectivity index (χ3v) is 3.40. The van der Waals surface area contributed by atoms with Gasteiger partial charge < -0.3 is 14.8 Å². The van der Waals surface area contributed by atoms with Gasteiger partial charge in [-0.3, -0.25) is 9.59 Å². The van der Waals surface area contributed by atoms with Crippen molar-refractivity contribution in [2.45, 2.75) is 39.3 Å². The summed E-state index contributed by atoms with van der Waals surface area (Å²) in [6.45, 7) is 5.66. The molecule has 0 bridgehead atoms. The van der Waals surface area contributed by atoms with Crippen LogP contribution in [0, 0.1) is 6.92 Å². The lowest BCUT2D eigenvalue weighted by Crippen LogP contribution is -2.39. The molecular weight excluding hydrogens is 298 g/mol. The van der Waals surface area contributed by atoms with Gasteiger partial charge in [-0.25, -0.2) is 4.68 Å². The summed E-state index contributed by atoms with van der Waals surface area (Å²) in [5.41, 5.74) is -1.45. The number of amides is 1. The van der Waals surface area contributed by atoms with Crippen LogP contribution in [0.25, 0.3) is 0 Å². The first-order chi connectivity index (χ1) is 10.8. The molecule has 0 saturated heterocycles. The number of nitrogens with one attached hydrogen (secondary N) is 1. The second-order valence-electron chi connectivity index (χ2n) is 5.65. The molecule has 23 heavy (non-hydrogen) atoms. The molecule has 0 aromatic carbocycles. The molecule has 7 nitrogen and oxygen atoms in total. The molecule has 2 N–H and O–H groups in total. The van der Waals surface area contributed by atoms with Crippen molar-refractivity contribution in [3.8, 4) is 0 Å². The van der Waals surface area contributed by atoms with Crippen LogP contribution in [-0.4, -0.2) is 27.3 Å². The van der Waals surface area contributed by atoms with Crippen LogP contribution in [0.3, 0.4) is 0 Å². The van der Waals surface area contributed by atoms with E-state index in [4.69, 9.17) is 4.42 Å². The molecule has 0 saturated carbocycles. The van der Waals surface area contributed by atoms with Crippen molar-refractivity contribution in [1.82, 2.24) is 15.1 Å². The van der Waals surface area contributed by atoms with Crippen LogP contribution >= 0.6 is 0 Å². The summed E-state index contributed by atoms with van der Waals surface area (Å²) < 4.78 is 6.64. The third-order valence-electron chi connectivity index (χ3n) is 3.40. The summed E-state index contributed by atoms with van der Waals surface area (Å²) in [6.07, 6.45) is 0.741. The van der Waals surface area contributed by atoms with Gasteiger partial charge >= 0.3 is 0 Å². The standard InChI is InChI=1S/C16H21N3O4/c1-4-9-19-14(20)8-6-12(18-19)15(21)17-10-16(3,22)13-7-5-11(2)23-13/h5-8,22H,4,9-10H2,1-3H3,(H,17,21). The molecule has 1 atom stereocenters. The summed E-state index contributed by atoms with van der Waals surface area (Å²) in [5, 5.41) is 17.0. The number of nitrogens with zero attached hydrogens (tertiary/aromatic N) is 2. The SMILES string of the molecule is CCCn1nc(C(=O)NCC(C)(O)c2ccc(C)o2)ccc1=O. The lowest BCUT2D eigenvalue weighted by atomic mass is 10.0. The molecule has 0 fully saturated rings. The monoisotopic (exact) mass is 319 g/mol. The number of furan rings is 1. The lowest BCUT2D eigenvalue weighted by Gasteiger charge is -2.21. The highest BCUT2D eigenvalue weighted by Crippen LogP contribution is 2.21. The van der Waals surface area contributed by atoms with E-state index in [9.17, 15) is 14.7 Å². The van der Waals surface area contributed by atoms with Crippen molar-refractivity contribution in [1.29, 1.82) is 0 Å². The van der Waals surface area contributed by atoms with E-state index in [1.165, 1.54) is 16.8 Å². The first-order valence-corrected chi connectivity index (χ1v) is 7.49. The van der Waals surface area contributed by atoms with Gasteiger partial charge in [-0.05, 0) is 38.5 Å². The predicted molar refractivity (Wildman–Crippen MR) is 84.1 cm³/mol.